The summed E-state index contributed by atoms with van der Waals surface area (Å²) < 4.78 is 29.6. The quantitative estimate of drug-likeness (QED) is 0.162. The number of hydrogen-bond donors (Lipinski definition) is 0. The molecule has 262 valence electrons. The molecule has 2 fully saturated rings. The molecule has 0 saturated heterocycles. The van der Waals surface area contributed by atoms with E-state index in [0.717, 1.165) is 67.4 Å². The lowest BCUT2D eigenvalue weighted by Gasteiger charge is -2.60. The molecule has 6 aromatic carbocycles. The molecule has 2 aliphatic carbocycles. The van der Waals surface area contributed by atoms with E-state index in [1.807, 2.05) is 12.1 Å². The van der Waals surface area contributed by atoms with Crippen molar-refractivity contribution in [2.24, 2.45) is 5.41 Å². The zero-order valence-corrected chi connectivity index (χ0v) is 30.7. The highest BCUT2D eigenvalue weighted by Crippen LogP contribution is 2.59. The standard InChI is InChI=1S/C47H50F2N2/c1-5-11-33-28-35(48)16-22-39(33)50(46(3)25-7-6-8-26-46)41-20-14-31-13-19-38-42(21-15-32-12-18-37(41)43(31)44(32)38)51-40-23-17-36(49)29-34(40)30-45(2)24-9-10-27-47(45,51)4/h12-23,28-29H,5-11,24-27,30H2,1-4H3. The molecule has 0 radical (unpaired) electrons. The number of nitrogens with zero attached hydrogens (tertiary/aromatic N) is 2. The average Bonchev–Trinajstić information content (AvgIpc) is 3.12. The van der Waals surface area contributed by atoms with Crippen molar-refractivity contribution in [3.05, 3.63) is 108 Å². The first-order valence-corrected chi connectivity index (χ1v) is 19.5. The summed E-state index contributed by atoms with van der Waals surface area (Å²) >= 11 is 0. The van der Waals surface area contributed by atoms with Crippen LogP contribution in [-0.2, 0) is 12.8 Å². The largest absolute Gasteiger partial charge is 0.335 e. The summed E-state index contributed by atoms with van der Waals surface area (Å²) in [5, 5.41) is 7.55. The van der Waals surface area contributed by atoms with Crippen molar-refractivity contribution < 1.29 is 8.78 Å². The van der Waals surface area contributed by atoms with Crippen LogP contribution in [0.2, 0.25) is 0 Å². The van der Waals surface area contributed by atoms with E-state index >= 15 is 0 Å². The van der Waals surface area contributed by atoms with Gasteiger partial charge in [-0.2, -0.15) is 0 Å². The molecule has 3 aliphatic rings. The smallest absolute Gasteiger partial charge is 0.123 e. The first-order chi connectivity index (χ1) is 24.6. The Morgan fingerprint density at radius 3 is 2.02 bits per heavy atom. The van der Waals surface area contributed by atoms with Crippen LogP contribution in [0.15, 0.2) is 84.9 Å². The van der Waals surface area contributed by atoms with Gasteiger partial charge in [0.15, 0.2) is 0 Å². The van der Waals surface area contributed by atoms with Gasteiger partial charge in [-0.05, 0) is 139 Å². The molecule has 0 spiro atoms. The molecular formula is C47H50F2N2. The zero-order chi connectivity index (χ0) is 35.1. The van der Waals surface area contributed by atoms with E-state index in [4.69, 9.17) is 0 Å². The Kier molecular flexibility index (Phi) is 7.65. The van der Waals surface area contributed by atoms with Gasteiger partial charge in [-0.25, -0.2) is 8.78 Å². The van der Waals surface area contributed by atoms with Crippen LogP contribution in [0.1, 0.15) is 103 Å². The lowest BCUT2D eigenvalue weighted by Crippen LogP contribution is -2.60. The lowest BCUT2D eigenvalue weighted by atomic mass is 9.57. The molecule has 2 atom stereocenters. The first kappa shape index (κ1) is 32.7. The van der Waals surface area contributed by atoms with Gasteiger partial charge in [0.05, 0.1) is 0 Å². The second-order valence-electron chi connectivity index (χ2n) is 16.8. The molecular weight excluding hydrogens is 631 g/mol. The van der Waals surface area contributed by atoms with Gasteiger partial charge < -0.3 is 9.80 Å². The van der Waals surface area contributed by atoms with Gasteiger partial charge in [-0.1, -0.05) is 88.8 Å². The third-order valence-electron chi connectivity index (χ3n) is 13.7. The number of benzene rings is 6. The predicted molar refractivity (Wildman–Crippen MR) is 211 cm³/mol. The monoisotopic (exact) mass is 680 g/mol. The van der Waals surface area contributed by atoms with E-state index in [-0.39, 0.29) is 28.1 Å². The molecule has 51 heavy (non-hydrogen) atoms. The number of fused-ring (bicyclic) bond motifs is 2. The summed E-state index contributed by atoms with van der Waals surface area (Å²) in [5.74, 6) is -0.317. The zero-order valence-electron chi connectivity index (χ0n) is 30.7. The molecule has 0 aromatic heterocycles. The van der Waals surface area contributed by atoms with E-state index < -0.39 is 0 Å². The van der Waals surface area contributed by atoms with E-state index in [0.29, 0.717) is 0 Å². The topological polar surface area (TPSA) is 6.48 Å². The molecule has 9 rings (SSSR count). The average molecular weight is 681 g/mol. The van der Waals surface area contributed by atoms with Crippen molar-refractivity contribution in [2.75, 3.05) is 9.80 Å². The van der Waals surface area contributed by atoms with Gasteiger partial charge >= 0.3 is 0 Å². The summed E-state index contributed by atoms with van der Waals surface area (Å²) in [7, 11) is 0. The molecule has 4 heteroatoms. The van der Waals surface area contributed by atoms with Gasteiger partial charge in [-0.15, -0.1) is 0 Å². The van der Waals surface area contributed by atoms with Crippen LogP contribution < -0.4 is 9.80 Å². The highest BCUT2D eigenvalue weighted by molar-refractivity contribution is 6.27. The van der Waals surface area contributed by atoms with Crippen molar-refractivity contribution in [3.63, 3.8) is 0 Å². The van der Waals surface area contributed by atoms with Gasteiger partial charge in [0.1, 0.15) is 11.6 Å². The molecule has 2 nitrogen and oxygen atoms in total. The minimum atomic E-state index is -0.163. The molecule has 0 bridgehead atoms. The molecule has 0 amide bonds. The minimum absolute atomic E-state index is 0.0322. The fourth-order valence-corrected chi connectivity index (χ4v) is 10.9. The van der Waals surface area contributed by atoms with Crippen molar-refractivity contribution >= 4 is 55.1 Å². The molecule has 1 heterocycles. The summed E-state index contributed by atoms with van der Waals surface area (Å²) in [4.78, 5) is 5.22. The van der Waals surface area contributed by atoms with Gasteiger partial charge in [0.2, 0.25) is 0 Å². The molecule has 1 aliphatic heterocycles. The van der Waals surface area contributed by atoms with Crippen LogP contribution in [-0.4, -0.2) is 11.1 Å². The van der Waals surface area contributed by atoms with Crippen molar-refractivity contribution in [2.45, 2.75) is 116 Å². The summed E-state index contributed by atoms with van der Waals surface area (Å²) in [6.45, 7) is 9.52. The van der Waals surface area contributed by atoms with E-state index in [9.17, 15) is 8.78 Å². The van der Waals surface area contributed by atoms with Gasteiger partial charge in [0, 0.05) is 44.6 Å². The maximum Gasteiger partial charge on any atom is 0.123 e. The first-order valence-electron chi connectivity index (χ1n) is 19.5. The summed E-state index contributed by atoms with van der Waals surface area (Å²) in [5.41, 5.74) is 6.75. The molecule has 2 saturated carbocycles. The van der Waals surface area contributed by atoms with Crippen LogP contribution in [0.5, 0.6) is 0 Å². The molecule has 2 unspecified atom stereocenters. The number of halogens is 2. The highest BCUT2D eigenvalue weighted by atomic mass is 19.1. The van der Waals surface area contributed by atoms with Crippen molar-refractivity contribution in [3.8, 4) is 0 Å². The fraction of sp³-hybridized carbons (Fsp3) is 0.404. The van der Waals surface area contributed by atoms with Crippen LogP contribution in [0.4, 0.5) is 31.5 Å². The number of anilines is 4. The minimum Gasteiger partial charge on any atom is -0.335 e. The van der Waals surface area contributed by atoms with Crippen LogP contribution in [0.3, 0.4) is 0 Å². The molecule has 6 aromatic rings. The Hall–Kier alpha value is -4.18. The Bertz CT molecular complexity index is 2280. The van der Waals surface area contributed by atoms with E-state index in [2.05, 4.69) is 86.0 Å². The Labute approximate surface area is 301 Å². The Morgan fingerprint density at radius 2 is 1.24 bits per heavy atom. The van der Waals surface area contributed by atoms with Crippen molar-refractivity contribution in [1.82, 2.24) is 0 Å². The molecule has 0 N–H and O–H groups in total. The predicted octanol–water partition coefficient (Wildman–Crippen LogP) is 13.7. The lowest BCUT2D eigenvalue weighted by molar-refractivity contribution is 0.0863. The second-order valence-corrected chi connectivity index (χ2v) is 16.8. The van der Waals surface area contributed by atoms with Crippen molar-refractivity contribution in [1.29, 1.82) is 0 Å². The third-order valence-corrected chi connectivity index (χ3v) is 13.7. The Morgan fingerprint density at radius 1 is 0.627 bits per heavy atom. The Balaban J connectivity index is 1.31. The maximum atomic E-state index is 14.8. The number of hydrogen-bond acceptors (Lipinski definition) is 2. The third kappa shape index (κ3) is 4.91. The summed E-state index contributed by atoms with van der Waals surface area (Å²) in [6, 6.07) is 29.5. The highest BCUT2D eigenvalue weighted by Gasteiger charge is 2.54. The number of aryl methyl sites for hydroxylation is 1. The SMILES string of the molecule is CCCc1cc(F)ccc1N(c1ccc2ccc3c(N4c5ccc(F)cc5CC5(C)CCCCC45C)ccc4ccc1c2c43)C1(C)CCCCC1. The number of rotatable bonds is 6. The second kappa shape index (κ2) is 11.9. The van der Waals surface area contributed by atoms with E-state index in [1.165, 1.54) is 75.8 Å². The summed E-state index contributed by atoms with van der Waals surface area (Å²) in [6.07, 6.45) is 13.3. The van der Waals surface area contributed by atoms with Crippen LogP contribution in [0, 0.1) is 17.0 Å². The fourth-order valence-electron chi connectivity index (χ4n) is 10.9. The normalized spacial score (nSPS) is 23.1. The van der Waals surface area contributed by atoms with E-state index in [1.54, 1.807) is 24.3 Å². The van der Waals surface area contributed by atoms with Gasteiger partial charge in [0.25, 0.3) is 0 Å². The van der Waals surface area contributed by atoms with Crippen LogP contribution >= 0.6 is 0 Å². The maximum absolute atomic E-state index is 14.8. The van der Waals surface area contributed by atoms with Gasteiger partial charge in [-0.3, -0.25) is 0 Å². The van der Waals surface area contributed by atoms with Crippen LogP contribution in [0.25, 0.3) is 32.3 Å².